The van der Waals surface area contributed by atoms with Crippen LogP contribution < -0.4 is 14.8 Å². The second-order valence-corrected chi connectivity index (χ2v) is 4.65. The molecule has 0 aliphatic carbocycles. The van der Waals surface area contributed by atoms with Crippen LogP contribution in [0.25, 0.3) is 0 Å². The van der Waals surface area contributed by atoms with Crippen LogP contribution in [0.15, 0.2) is 18.2 Å². The van der Waals surface area contributed by atoms with Crippen molar-refractivity contribution in [3.63, 3.8) is 0 Å². The Morgan fingerprint density at radius 3 is 2.63 bits per heavy atom. The second-order valence-electron chi connectivity index (χ2n) is 4.65. The van der Waals surface area contributed by atoms with Gasteiger partial charge in [0.2, 0.25) is 0 Å². The second kappa shape index (κ2) is 7.65. The summed E-state index contributed by atoms with van der Waals surface area (Å²) in [5.41, 5.74) is 1.00. The zero-order chi connectivity index (χ0) is 14.3. The van der Waals surface area contributed by atoms with Crippen LogP contribution >= 0.6 is 0 Å². The molecule has 1 unspecified atom stereocenters. The molecule has 0 fully saturated rings. The molecule has 0 aliphatic heterocycles. The average Bonchev–Trinajstić information content (AvgIpc) is 2.42. The predicted molar refractivity (Wildman–Crippen MR) is 75.3 cm³/mol. The highest BCUT2D eigenvalue weighted by atomic mass is 16.5. The molecule has 0 aromatic heterocycles. The molecule has 1 aromatic rings. The molecule has 1 aromatic carbocycles. The first kappa shape index (κ1) is 15.3. The molecule has 1 atom stereocenters. The molecule has 0 spiro atoms. The number of hydrogen-bond acceptors (Lipinski definition) is 4. The van der Waals surface area contributed by atoms with Gasteiger partial charge in [0.15, 0.2) is 6.10 Å². The van der Waals surface area contributed by atoms with Crippen LogP contribution in [0.5, 0.6) is 11.5 Å². The van der Waals surface area contributed by atoms with Gasteiger partial charge in [-0.05, 0) is 24.6 Å². The molecular weight excluding hydrogens is 240 g/mol. The molecule has 0 heterocycles. The summed E-state index contributed by atoms with van der Waals surface area (Å²) < 4.78 is 10.9. The Bertz CT molecular complexity index is 438. The molecule has 4 heteroatoms. The zero-order valence-corrected chi connectivity index (χ0v) is 12.1. The van der Waals surface area contributed by atoms with Crippen molar-refractivity contribution in [3.8, 4) is 17.6 Å². The van der Waals surface area contributed by atoms with E-state index in [-0.39, 0.29) is 0 Å². The minimum absolute atomic E-state index is 0.386. The molecule has 0 saturated carbocycles. The lowest BCUT2D eigenvalue weighted by molar-refractivity contribution is 0.248. The normalized spacial score (nSPS) is 12.0. The number of rotatable bonds is 7. The summed E-state index contributed by atoms with van der Waals surface area (Å²) in [6.07, 6.45) is 0.255. The van der Waals surface area contributed by atoms with Crippen LogP contribution in [0, 0.1) is 11.3 Å². The van der Waals surface area contributed by atoms with E-state index in [9.17, 15) is 0 Å². The minimum Gasteiger partial charge on any atom is -0.497 e. The third-order valence-electron chi connectivity index (χ3n) is 2.75. The van der Waals surface area contributed by atoms with Gasteiger partial charge in [0, 0.05) is 18.2 Å². The van der Waals surface area contributed by atoms with Crippen LogP contribution in [0.2, 0.25) is 0 Å². The highest BCUT2D eigenvalue weighted by Crippen LogP contribution is 2.25. The van der Waals surface area contributed by atoms with Gasteiger partial charge in [-0.15, -0.1) is 0 Å². The Morgan fingerprint density at radius 1 is 1.37 bits per heavy atom. The topological polar surface area (TPSA) is 54.3 Å². The van der Waals surface area contributed by atoms with Crippen molar-refractivity contribution in [3.05, 3.63) is 23.8 Å². The van der Waals surface area contributed by atoms with Crippen LogP contribution in [0.1, 0.15) is 32.8 Å². The van der Waals surface area contributed by atoms with Gasteiger partial charge in [0.05, 0.1) is 7.11 Å². The third kappa shape index (κ3) is 4.80. The lowest BCUT2D eigenvalue weighted by Crippen LogP contribution is -2.23. The fourth-order valence-corrected chi connectivity index (χ4v) is 1.60. The molecule has 0 saturated heterocycles. The van der Waals surface area contributed by atoms with Crippen molar-refractivity contribution < 1.29 is 9.47 Å². The van der Waals surface area contributed by atoms with Gasteiger partial charge >= 0.3 is 0 Å². The van der Waals surface area contributed by atoms with E-state index in [1.807, 2.05) is 25.1 Å². The summed E-state index contributed by atoms with van der Waals surface area (Å²) in [6, 6.07) is 8.18. The SMILES string of the molecule is CCC(C#N)Oc1ccc(OC)cc1CNC(C)C. The number of nitriles is 1. The monoisotopic (exact) mass is 262 g/mol. The van der Waals surface area contributed by atoms with Crippen molar-refractivity contribution in [2.75, 3.05) is 7.11 Å². The van der Waals surface area contributed by atoms with Crippen molar-refractivity contribution in [1.29, 1.82) is 5.26 Å². The van der Waals surface area contributed by atoms with Gasteiger partial charge in [0.25, 0.3) is 0 Å². The van der Waals surface area contributed by atoms with E-state index in [1.54, 1.807) is 7.11 Å². The number of benzene rings is 1. The lowest BCUT2D eigenvalue weighted by Gasteiger charge is -2.17. The van der Waals surface area contributed by atoms with Crippen molar-refractivity contribution in [2.45, 2.75) is 45.9 Å². The average molecular weight is 262 g/mol. The van der Waals surface area contributed by atoms with E-state index in [0.29, 0.717) is 19.0 Å². The van der Waals surface area contributed by atoms with Crippen molar-refractivity contribution >= 4 is 0 Å². The number of hydrogen-bond donors (Lipinski definition) is 1. The molecule has 4 nitrogen and oxygen atoms in total. The molecular formula is C15H22N2O2. The van der Waals surface area contributed by atoms with Gasteiger partial charge in [-0.3, -0.25) is 0 Å². The van der Waals surface area contributed by atoms with Gasteiger partial charge in [0.1, 0.15) is 17.6 Å². The van der Waals surface area contributed by atoms with E-state index in [1.165, 1.54) is 0 Å². The van der Waals surface area contributed by atoms with E-state index in [0.717, 1.165) is 17.1 Å². The number of methoxy groups -OCH3 is 1. The van der Waals surface area contributed by atoms with Gasteiger partial charge in [-0.2, -0.15) is 5.26 Å². The Kier molecular flexibility index (Phi) is 6.17. The summed E-state index contributed by atoms with van der Waals surface area (Å²) in [5.74, 6) is 1.53. The number of nitrogens with zero attached hydrogens (tertiary/aromatic N) is 1. The Morgan fingerprint density at radius 2 is 2.11 bits per heavy atom. The lowest BCUT2D eigenvalue weighted by atomic mass is 10.1. The third-order valence-corrected chi connectivity index (χ3v) is 2.75. The van der Waals surface area contributed by atoms with Crippen LogP contribution in [0.4, 0.5) is 0 Å². The van der Waals surface area contributed by atoms with E-state index in [2.05, 4.69) is 25.2 Å². The maximum Gasteiger partial charge on any atom is 0.184 e. The predicted octanol–water partition coefficient (Wildman–Crippen LogP) is 2.87. The Labute approximate surface area is 115 Å². The maximum absolute atomic E-state index is 8.98. The summed E-state index contributed by atoms with van der Waals surface area (Å²) in [6.45, 7) is 6.80. The standard InChI is InChI=1S/C15H22N2O2/c1-5-13(9-16)19-15-7-6-14(18-4)8-12(15)10-17-11(2)3/h6-8,11,13,17H,5,10H2,1-4H3. The fourth-order valence-electron chi connectivity index (χ4n) is 1.60. The number of ether oxygens (including phenoxy) is 2. The summed E-state index contributed by atoms with van der Waals surface area (Å²) >= 11 is 0. The fraction of sp³-hybridized carbons (Fsp3) is 0.533. The minimum atomic E-state index is -0.411. The molecule has 1 N–H and O–H groups in total. The first-order valence-corrected chi connectivity index (χ1v) is 6.57. The molecule has 104 valence electrons. The van der Waals surface area contributed by atoms with Crippen molar-refractivity contribution in [2.24, 2.45) is 0 Å². The van der Waals surface area contributed by atoms with E-state index >= 15 is 0 Å². The zero-order valence-electron chi connectivity index (χ0n) is 12.1. The molecule has 0 amide bonds. The molecule has 0 bridgehead atoms. The maximum atomic E-state index is 8.98. The first-order valence-electron chi connectivity index (χ1n) is 6.57. The largest absolute Gasteiger partial charge is 0.497 e. The van der Waals surface area contributed by atoms with Gasteiger partial charge in [-0.1, -0.05) is 20.8 Å². The quantitative estimate of drug-likeness (QED) is 0.821. The number of nitrogens with one attached hydrogen (secondary N) is 1. The van der Waals surface area contributed by atoms with E-state index in [4.69, 9.17) is 14.7 Å². The summed E-state index contributed by atoms with van der Waals surface area (Å²) in [4.78, 5) is 0. The van der Waals surface area contributed by atoms with Crippen LogP contribution in [0.3, 0.4) is 0 Å². The smallest absolute Gasteiger partial charge is 0.184 e. The van der Waals surface area contributed by atoms with Crippen LogP contribution in [-0.4, -0.2) is 19.3 Å². The van der Waals surface area contributed by atoms with Gasteiger partial charge in [-0.25, -0.2) is 0 Å². The Balaban J connectivity index is 2.91. The van der Waals surface area contributed by atoms with Gasteiger partial charge < -0.3 is 14.8 Å². The molecule has 0 aliphatic rings. The first-order chi connectivity index (χ1) is 9.10. The molecule has 19 heavy (non-hydrogen) atoms. The molecule has 1 rings (SSSR count). The summed E-state index contributed by atoms with van der Waals surface area (Å²) in [7, 11) is 1.64. The highest BCUT2D eigenvalue weighted by molar-refractivity contribution is 5.40. The van der Waals surface area contributed by atoms with Crippen LogP contribution in [-0.2, 0) is 6.54 Å². The summed E-state index contributed by atoms with van der Waals surface area (Å²) in [5, 5.41) is 12.3. The van der Waals surface area contributed by atoms with Crippen molar-refractivity contribution in [1.82, 2.24) is 5.32 Å². The van der Waals surface area contributed by atoms with E-state index < -0.39 is 6.10 Å². The Hall–Kier alpha value is -1.73. The molecule has 0 radical (unpaired) electrons. The highest BCUT2D eigenvalue weighted by Gasteiger charge is 2.11.